The number of primary amides is 1. The quantitative estimate of drug-likeness (QED) is 0.366. The number of non-ortho nitro benzene ring substituents is 1. The predicted octanol–water partition coefficient (Wildman–Crippen LogP) is 4.83. The SMILES string of the molecule is CC1\C=C(Oc2cccc([N+](=O)[O-])c2)/N=C(Nc2ccc(N3CCN(C(=O)OC(C)(C)C)CC3)cc2)/C(C(N)=O)=C/C1. The van der Waals surface area contributed by atoms with E-state index in [9.17, 15) is 19.7 Å². The largest absolute Gasteiger partial charge is 0.444 e. The standard InChI is InChI=1S/C30H36N6O6/c1-20-8-13-25(27(31)37)28(33-26(18-20)41-24-7-5-6-23(19-24)36(39)40)32-21-9-11-22(12-10-21)34-14-16-35(17-15-34)29(38)42-30(2,3)4/h5-7,9-13,18-20H,8,14-17H2,1-4H3,(H2,31,37)(H,32,33)/b25-13+,26-18+. The van der Waals surface area contributed by atoms with Crippen LogP contribution in [-0.4, -0.2) is 59.4 Å². The van der Waals surface area contributed by atoms with Crippen LogP contribution in [0.3, 0.4) is 0 Å². The van der Waals surface area contributed by atoms with Crippen LogP contribution >= 0.6 is 0 Å². The monoisotopic (exact) mass is 576 g/mol. The van der Waals surface area contributed by atoms with E-state index in [-0.39, 0.29) is 40.7 Å². The average Bonchev–Trinajstić information content (AvgIpc) is 2.91. The molecule has 0 bridgehead atoms. The predicted molar refractivity (Wildman–Crippen MR) is 160 cm³/mol. The van der Waals surface area contributed by atoms with Crippen LogP contribution in [0.1, 0.15) is 34.1 Å². The summed E-state index contributed by atoms with van der Waals surface area (Å²) < 4.78 is 11.4. The number of nitrogens with zero attached hydrogens (tertiary/aromatic N) is 4. The van der Waals surface area contributed by atoms with Gasteiger partial charge in [0.15, 0.2) is 0 Å². The van der Waals surface area contributed by atoms with Crippen LogP contribution in [0.2, 0.25) is 0 Å². The minimum atomic E-state index is -0.649. The molecule has 0 saturated carbocycles. The zero-order chi connectivity index (χ0) is 30.4. The summed E-state index contributed by atoms with van der Waals surface area (Å²) in [6.07, 6.45) is 3.72. The summed E-state index contributed by atoms with van der Waals surface area (Å²) in [5.41, 5.74) is 6.92. The zero-order valence-corrected chi connectivity index (χ0v) is 24.2. The normalized spacial score (nSPS) is 21.3. The van der Waals surface area contributed by atoms with Crippen LogP contribution in [0.15, 0.2) is 77.1 Å². The third-order valence-corrected chi connectivity index (χ3v) is 6.54. The summed E-state index contributed by atoms with van der Waals surface area (Å²) in [5.74, 6) is -0.0633. The summed E-state index contributed by atoms with van der Waals surface area (Å²) in [5, 5.41) is 14.4. The third-order valence-electron chi connectivity index (χ3n) is 6.54. The minimum absolute atomic E-state index is 0.0339. The van der Waals surface area contributed by atoms with Crippen LogP contribution in [-0.2, 0) is 9.53 Å². The van der Waals surface area contributed by atoms with Crippen molar-refractivity contribution in [3.63, 3.8) is 0 Å². The lowest BCUT2D eigenvalue weighted by molar-refractivity contribution is -0.384. The van der Waals surface area contributed by atoms with Gasteiger partial charge in [-0.25, -0.2) is 4.79 Å². The number of nitro benzene ring substituents is 1. The van der Waals surface area contributed by atoms with Crippen molar-refractivity contribution in [2.75, 3.05) is 36.4 Å². The van der Waals surface area contributed by atoms with Gasteiger partial charge in [0.05, 0.1) is 16.6 Å². The van der Waals surface area contributed by atoms with Crippen LogP contribution < -0.4 is 20.7 Å². The van der Waals surface area contributed by atoms with Gasteiger partial charge in [0.2, 0.25) is 5.88 Å². The molecular formula is C30H36N6O6. The van der Waals surface area contributed by atoms with Crippen molar-refractivity contribution >= 4 is 34.9 Å². The molecule has 0 radical (unpaired) electrons. The Morgan fingerprint density at radius 1 is 1.10 bits per heavy atom. The maximum atomic E-state index is 12.4. The fraction of sp³-hybridized carbons (Fsp3) is 0.367. The van der Waals surface area contributed by atoms with E-state index in [0.29, 0.717) is 38.3 Å². The van der Waals surface area contributed by atoms with E-state index in [4.69, 9.17) is 15.2 Å². The number of piperazine rings is 1. The Morgan fingerprint density at radius 2 is 1.79 bits per heavy atom. The zero-order valence-electron chi connectivity index (χ0n) is 24.2. The van der Waals surface area contributed by atoms with Gasteiger partial charge >= 0.3 is 6.09 Å². The molecule has 2 aliphatic rings. The molecule has 1 fully saturated rings. The Labute approximate surface area is 244 Å². The highest BCUT2D eigenvalue weighted by Gasteiger charge is 2.26. The lowest BCUT2D eigenvalue weighted by atomic mass is 10.0. The molecule has 4 rings (SSSR count). The fourth-order valence-electron chi connectivity index (χ4n) is 4.44. The van der Waals surface area contributed by atoms with Gasteiger partial charge in [0.25, 0.3) is 11.6 Å². The van der Waals surface area contributed by atoms with E-state index in [1.54, 1.807) is 23.1 Å². The maximum Gasteiger partial charge on any atom is 0.410 e. The highest BCUT2D eigenvalue weighted by Crippen LogP contribution is 2.26. The number of hydrogen-bond donors (Lipinski definition) is 2. The second-order valence-corrected chi connectivity index (χ2v) is 11.1. The van der Waals surface area contributed by atoms with Gasteiger partial charge in [-0.05, 0) is 69.5 Å². The highest BCUT2D eigenvalue weighted by molar-refractivity contribution is 6.25. The molecule has 2 aromatic carbocycles. The van der Waals surface area contributed by atoms with Crippen molar-refractivity contribution in [1.82, 2.24) is 4.90 Å². The molecule has 2 aliphatic heterocycles. The number of nitrogens with one attached hydrogen (secondary N) is 1. The molecule has 3 N–H and O–H groups in total. The Bertz CT molecular complexity index is 1420. The number of hydrogen-bond acceptors (Lipinski definition) is 9. The second-order valence-electron chi connectivity index (χ2n) is 11.1. The Balaban J connectivity index is 1.49. The number of benzene rings is 2. The maximum absolute atomic E-state index is 12.4. The molecular weight excluding hydrogens is 540 g/mol. The highest BCUT2D eigenvalue weighted by atomic mass is 16.6. The summed E-state index contributed by atoms with van der Waals surface area (Å²) in [7, 11) is 0. The number of amides is 2. The molecule has 222 valence electrons. The van der Waals surface area contributed by atoms with Gasteiger partial charge < -0.3 is 30.3 Å². The van der Waals surface area contributed by atoms with Crippen molar-refractivity contribution in [3.05, 3.63) is 82.3 Å². The van der Waals surface area contributed by atoms with Gasteiger partial charge in [-0.1, -0.05) is 19.1 Å². The molecule has 0 aliphatic carbocycles. The van der Waals surface area contributed by atoms with Crippen LogP contribution in [0.5, 0.6) is 5.75 Å². The first-order valence-electron chi connectivity index (χ1n) is 13.7. The number of allylic oxidation sites excluding steroid dienone is 2. The van der Waals surface area contributed by atoms with Gasteiger partial charge in [-0.3, -0.25) is 14.9 Å². The Hall–Kier alpha value is -4.87. The van der Waals surface area contributed by atoms with Crippen molar-refractivity contribution in [2.24, 2.45) is 16.6 Å². The van der Waals surface area contributed by atoms with Crippen molar-refractivity contribution in [3.8, 4) is 5.75 Å². The van der Waals surface area contributed by atoms with Crippen molar-refractivity contribution < 1.29 is 24.0 Å². The Kier molecular flexibility index (Phi) is 9.14. The topological polar surface area (TPSA) is 153 Å². The van der Waals surface area contributed by atoms with E-state index in [1.807, 2.05) is 52.0 Å². The van der Waals surface area contributed by atoms with Gasteiger partial charge in [0.1, 0.15) is 17.2 Å². The summed E-state index contributed by atoms with van der Waals surface area (Å²) in [6.45, 7) is 9.91. The summed E-state index contributed by atoms with van der Waals surface area (Å²) in [6, 6.07) is 13.4. The number of rotatable bonds is 6. The minimum Gasteiger partial charge on any atom is -0.444 e. The number of aliphatic imine (C=N–C) groups is 1. The lowest BCUT2D eigenvalue weighted by Gasteiger charge is -2.36. The molecule has 42 heavy (non-hydrogen) atoms. The first kappa shape index (κ1) is 30.1. The number of nitrogens with two attached hydrogens (primary N) is 1. The number of nitro groups is 1. The molecule has 1 atom stereocenters. The van der Waals surface area contributed by atoms with Gasteiger partial charge in [-0.2, -0.15) is 4.99 Å². The van der Waals surface area contributed by atoms with Crippen molar-refractivity contribution in [2.45, 2.75) is 39.7 Å². The molecule has 1 unspecified atom stereocenters. The first-order valence-corrected chi connectivity index (χ1v) is 13.7. The van der Waals surface area contributed by atoms with E-state index < -0.39 is 16.4 Å². The molecule has 0 aromatic heterocycles. The molecule has 2 heterocycles. The van der Waals surface area contributed by atoms with E-state index in [1.165, 1.54) is 18.2 Å². The van der Waals surface area contributed by atoms with E-state index >= 15 is 0 Å². The molecule has 2 aromatic rings. The molecule has 12 heteroatoms. The molecule has 0 spiro atoms. The van der Waals surface area contributed by atoms with Crippen LogP contribution in [0, 0.1) is 16.0 Å². The number of anilines is 2. The average molecular weight is 577 g/mol. The fourth-order valence-corrected chi connectivity index (χ4v) is 4.44. The van der Waals surface area contributed by atoms with Crippen LogP contribution in [0.25, 0.3) is 0 Å². The summed E-state index contributed by atoms with van der Waals surface area (Å²) >= 11 is 0. The molecule has 1 saturated heterocycles. The van der Waals surface area contributed by atoms with Crippen LogP contribution in [0.4, 0.5) is 21.9 Å². The number of carbonyl (C=O) groups is 2. The first-order chi connectivity index (χ1) is 19.9. The van der Waals surface area contributed by atoms with Gasteiger partial charge in [0, 0.05) is 43.6 Å². The molecule has 2 amide bonds. The van der Waals surface area contributed by atoms with E-state index in [0.717, 1.165) is 5.69 Å². The smallest absolute Gasteiger partial charge is 0.410 e. The molecule has 12 nitrogen and oxygen atoms in total. The van der Waals surface area contributed by atoms with E-state index in [2.05, 4.69) is 15.2 Å². The Morgan fingerprint density at radius 3 is 2.40 bits per heavy atom. The lowest BCUT2D eigenvalue weighted by Crippen LogP contribution is -2.50. The third kappa shape index (κ3) is 8.09. The number of carbonyl (C=O) groups excluding carboxylic acids is 2. The summed E-state index contributed by atoms with van der Waals surface area (Å²) in [4.78, 5) is 43.9. The van der Waals surface area contributed by atoms with Crippen molar-refractivity contribution in [1.29, 1.82) is 0 Å². The number of amidine groups is 1. The van der Waals surface area contributed by atoms with Gasteiger partial charge in [-0.15, -0.1) is 0 Å². The second kappa shape index (κ2) is 12.8. The number of ether oxygens (including phenoxy) is 2.